The van der Waals surface area contributed by atoms with Crippen LogP contribution in [0.1, 0.15) is 45.9 Å². The van der Waals surface area contributed by atoms with Gasteiger partial charge in [0.2, 0.25) is 0 Å². The Bertz CT molecular complexity index is 1720. The molecule has 2 aliphatic heterocycles. The lowest BCUT2D eigenvalue weighted by atomic mass is 9.77. The molecule has 0 unspecified atom stereocenters. The molecule has 4 aromatic carbocycles. The third-order valence-electron chi connectivity index (χ3n) is 7.69. The Morgan fingerprint density at radius 1 is 0.548 bits per heavy atom. The second kappa shape index (κ2) is 9.72. The Kier molecular flexibility index (Phi) is 6.24. The highest BCUT2D eigenvalue weighted by atomic mass is 16.5. The molecule has 0 amide bonds. The van der Waals surface area contributed by atoms with Crippen molar-refractivity contribution in [2.75, 3.05) is 0 Å². The van der Waals surface area contributed by atoms with Gasteiger partial charge >= 0.3 is 0 Å². The van der Waals surface area contributed by atoms with Gasteiger partial charge in [-0.15, -0.1) is 0 Å². The van der Waals surface area contributed by atoms with Crippen LogP contribution in [0.4, 0.5) is 0 Å². The lowest BCUT2D eigenvalue weighted by molar-refractivity contribution is 0.00573. The van der Waals surface area contributed by atoms with Crippen LogP contribution in [0, 0.1) is 0 Å². The Labute approximate surface area is 237 Å². The van der Waals surface area contributed by atoms with E-state index < -0.39 is 64.8 Å². The number of phenolic OH excluding ortho intramolecular Hbond substituents is 8. The maximum absolute atomic E-state index is 11.6. The number of aliphatic hydroxyl groups is 2. The number of phenols is 8. The molecule has 10 N–H and O–H groups in total. The van der Waals surface area contributed by atoms with Gasteiger partial charge in [-0.05, 0) is 35.4 Å². The summed E-state index contributed by atoms with van der Waals surface area (Å²) in [6.07, 6.45) is -5.31. The number of fused-ring (bicyclic) bond motifs is 2. The highest BCUT2D eigenvalue weighted by molar-refractivity contribution is 5.65. The van der Waals surface area contributed by atoms with E-state index in [0.29, 0.717) is 5.56 Å². The number of ether oxygens (including phenoxy) is 2. The fraction of sp³-hybridized carbons (Fsp3) is 0.200. The van der Waals surface area contributed by atoms with Crippen molar-refractivity contribution >= 4 is 0 Å². The maximum Gasteiger partial charge on any atom is 0.157 e. The van der Waals surface area contributed by atoms with E-state index in [1.54, 1.807) is 0 Å². The lowest BCUT2D eigenvalue weighted by Gasteiger charge is -2.39. The number of benzene rings is 4. The molecular weight excluding hydrogens is 552 g/mol. The van der Waals surface area contributed by atoms with E-state index in [2.05, 4.69) is 0 Å². The number of rotatable bonds is 3. The molecule has 218 valence electrons. The van der Waals surface area contributed by atoms with Crippen LogP contribution in [0.2, 0.25) is 0 Å². The summed E-state index contributed by atoms with van der Waals surface area (Å²) in [5, 5.41) is 105. The van der Waals surface area contributed by atoms with E-state index in [9.17, 15) is 51.1 Å². The Morgan fingerprint density at radius 3 is 1.74 bits per heavy atom. The number of hydrogen-bond donors (Lipinski definition) is 10. The van der Waals surface area contributed by atoms with Crippen LogP contribution in [0.5, 0.6) is 57.5 Å². The largest absolute Gasteiger partial charge is 0.508 e. The minimum atomic E-state index is -1.60. The summed E-state index contributed by atoms with van der Waals surface area (Å²) in [4.78, 5) is 0. The molecule has 5 atom stereocenters. The minimum Gasteiger partial charge on any atom is -0.508 e. The van der Waals surface area contributed by atoms with Crippen LogP contribution in [0.3, 0.4) is 0 Å². The van der Waals surface area contributed by atoms with Gasteiger partial charge in [0.1, 0.15) is 46.7 Å². The van der Waals surface area contributed by atoms with Crippen molar-refractivity contribution in [3.8, 4) is 57.5 Å². The van der Waals surface area contributed by atoms with Gasteiger partial charge in [0.05, 0.1) is 12.0 Å². The number of aromatic hydroxyl groups is 8. The van der Waals surface area contributed by atoms with Crippen LogP contribution in [0.25, 0.3) is 0 Å². The summed E-state index contributed by atoms with van der Waals surface area (Å²) >= 11 is 0. The molecule has 12 heteroatoms. The standard InChI is InChI=1S/C30H26O12/c31-13-7-19(36)24-23(8-13)42-30(12-2-4-16(33)18(35)6-12)28(40)26(24)25-20(37)10-22-14(27(25)39)9-21(38)29(41-22)11-1-3-15(32)17(34)5-11/h1-8,10,21,26,28-40H,9H2/t21-,26+,28-,29+,30+/m0/s1. The quantitative estimate of drug-likeness (QED) is 0.159. The Balaban J connectivity index is 1.47. The van der Waals surface area contributed by atoms with Crippen LogP contribution in [0.15, 0.2) is 54.6 Å². The van der Waals surface area contributed by atoms with E-state index in [0.717, 1.165) is 12.1 Å². The summed E-state index contributed by atoms with van der Waals surface area (Å²) in [7, 11) is 0. The molecule has 2 aliphatic rings. The molecule has 0 fully saturated rings. The Hall–Kier alpha value is -5.20. The van der Waals surface area contributed by atoms with Crippen molar-refractivity contribution < 1.29 is 60.5 Å². The first-order chi connectivity index (χ1) is 19.9. The molecule has 2 heterocycles. The van der Waals surface area contributed by atoms with E-state index in [4.69, 9.17) is 9.47 Å². The third kappa shape index (κ3) is 4.24. The second-order valence-corrected chi connectivity index (χ2v) is 10.3. The fourth-order valence-corrected chi connectivity index (χ4v) is 5.70. The SMILES string of the molecule is Oc1cc(O)c2c(c1)O[C@H](c1ccc(O)c(O)c1)[C@@H](O)[C@H]2c1c(O)cc2c(c1O)C[C@H](O)[C@@H](c1ccc(O)c(O)c1)O2. The zero-order valence-corrected chi connectivity index (χ0v) is 21.6. The summed E-state index contributed by atoms with van der Waals surface area (Å²) < 4.78 is 11.8. The van der Waals surface area contributed by atoms with E-state index in [1.165, 1.54) is 42.5 Å². The van der Waals surface area contributed by atoms with Gasteiger partial charge in [-0.25, -0.2) is 0 Å². The topological polar surface area (TPSA) is 221 Å². The predicted octanol–water partition coefficient (Wildman–Crippen LogP) is 3.00. The molecule has 12 nitrogen and oxygen atoms in total. The Morgan fingerprint density at radius 2 is 1.12 bits per heavy atom. The molecule has 0 saturated heterocycles. The van der Waals surface area contributed by atoms with Crippen molar-refractivity contribution in [3.63, 3.8) is 0 Å². The highest BCUT2D eigenvalue weighted by Gasteiger charge is 2.45. The van der Waals surface area contributed by atoms with E-state index in [-0.39, 0.29) is 51.7 Å². The van der Waals surface area contributed by atoms with Crippen molar-refractivity contribution in [1.82, 2.24) is 0 Å². The maximum atomic E-state index is 11.6. The molecule has 0 aliphatic carbocycles. The van der Waals surface area contributed by atoms with E-state index in [1.807, 2.05) is 0 Å². The average molecular weight is 579 g/mol. The molecule has 0 aromatic heterocycles. The van der Waals surface area contributed by atoms with Crippen LogP contribution < -0.4 is 9.47 Å². The predicted molar refractivity (Wildman–Crippen MR) is 143 cm³/mol. The zero-order chi connectivity index (χ0) is 30.0. The molecule has 0 radical (unpaired) electrons. The molecule has 0 bridgehead atoms. The molecule has 4 aromatic rings. The minimum absolute atomic E-state index is 0.00771. The van der Waals surface area contributed by atoms with Gasteiger partial charge in [-0.1, -0.05) is 12.1 Å². The van der Waals surface area contributed by atoms with Crippen LogP contribution in [-0.4, -0.2) is 63.3 Å². The number of aliphatic hydroxyl groups excluding tert-OH is 2. The summed E-state index contributed by atoms with van der Waals surface area (Å²) in [5.41, 5.74) is 0.333. The second-order valence-electron chi connectivity index (χ2n) is 10.3. The third-order valence-corrected chi connectivity index (χ3v) is 7.69. The zero-order valence-electron chi connectivity index (χ0n) is 21.6. The molecule has 42 heavy (non-hydrogen) atoms. The average Bonchev–Trinajstić information content (AvgIpc) is 2.93. The molecule has 0 saturated carbocycles. The lowest BCUT2D eigenvalue weighted by Crippen LogP contribution is -2.35. The van der Waals surface area contributed by atoms with Crippen molar-refractivity contribution in [2.24, 2.45) is 0 Å². The summed E-state index contributed by atoms with van der Waals surface area (Å²) in [6, 6.07) is 11.0. The van der Waals surface area contributed by atoms with Crippen molar-refractivity contribution in [1.29, 1.82) is 0 Å². The van der Waals surface area contributed by atoms with Crippen LogP contribution in [-0.2, 0) is 6.42 Å². The smallest absolute Gasteiger partial charge is 0.157 e. The van der Waals surface area contributed by atoms with Gasteiger partial charge in [0, 0.05) is 41.3 Å². The van der Waals surface area contributed by atoms with Gasteiger partial charge in [0.15, 0.2) is 29.1 Å². The van der Waals surface area contributed by atoms with Crippen molar-refractivity contribution in [3.05, 3.63) is 82.4 Å². The molecule has 0 spiro atoms. The first kappa shape index (κ1) is 27.0. The normalized spacial score (nSPS) is 22.9. The highest BCUT2D eigenvalue weighted by Crippen LogP contribution is 2.56. The van der Waals surface area contributed by atoms with Gasteiger partial charge in [-0.2, -0.15) is 0 Å². The summed E-state index contributed by atoms with van der Waals surface area (Å²) in [5.74, 6) is -5.07. The van der Waals surface area contributed by atoms with E-state index >= 15 is 0 Å². The molecule has 6 rings (SSSR count). The number of hydrogen-bond acceptors (Lipinski definition) is 12. The van der Waals surface area contributed by atoms with Crippen molar-refractivity contribution in [2.45, 2.75) is 36.8 Å². The fourth-order valence-electron chi connectivity index (χ4n) is 5.70. The molecular formula is C30H26O12. The van der Waals surface area contributed by atoms with Gasteiger partial charge in [0.25, 0.3) is 0 Å². The van der Waals surface area contributed by atoms with Crippen LogP contribution >= 0.6 is 0 Å². The first-order valence-electron chi connectivity index (χ1n) is 12.8. The summed E-state index contributed by atoms with van der Waals surface area (Å²) in [6.45, 7) is 0. The van der Waals surface area contributed by atoms with Gasteiger partial charge in [-0.3, -0.25) is 0 Å². The first-order valence-corrected chi connectivity index (χ1v) is 12.8. The monoisotopic (exact) mass is 578 g/mol. The van der Waals surface area contributed by atoms with Gasteiger partial charge < -0.3 is 60.5 Å².